The zero-order chi connectivity index (χ0) is 19.0. The van der Waals surface area contributed by atoms with Crippen LogP contribution in [0.25, 0.3) is 0 Å². The molecule has 146 valence electrons. The van der Waals surface area contributed by atoms with Crippen LogP contribution in [-0.2, 0) is 10.0 Å². The van der Waals surface area contributed by atoms with Gasteiger partial charge >= 0.3 is 5.97 Å². The Balaban J connectivity index is 2.23. The fourth-order valence-electron chi connectivity index (χ4n) is 3.30. The van der Waals surface area contributed by atoms with Gasteiger partial charge in [0.1, 0.15) is 4.90 Å². The summed E-state index contributed by atoms with van der Waals surface area (Å²) in [6.45, 7) is 2.76. The van der Waals surface area contributed by atoms with Crippen molar-refractivity contribution in [3.8, 4) is 0 Å². The summed E-state index contributed by atoms with van der Waals surface area (Å²) >= 11 is 0. The summed E-state index contributed by atoms with van der Waals surface area (Å²) in [5.74, 6) is -1.13. The number of anilines is 1. The van der Waals surface area contributed by atoms with Crippen LogP contribution < -0.4 is 10.0 Å². The third-order valence-electron chi connectivity index (χ3n) is 4.79. The second kappa shape index (κ2) is 9.92. The smallest absolute Gasteiger partial charge is 0.335 e. The molecule has 1 aliphatic rings. The van der Waals surface area contributed by atoms with E-state index in [9.17, 15) is 18.3 Å². The molecular weight excluding hydrogens is 352 g/mol. The number of rotatable bonds is 9. The van der Waals surface area contributed by atoms with Gasteiger partial charge in [0.2, 0.25) is 10.0 Å². The number of hydrogen-bond donors (Lipinski definition) is 3. The Labute approximate surface area is 156 Å². The van der Waals surface area contributed by atoms with E-state index >= 15 is 0 Å². The summed E-state index contributed by atoms with van der Waals surface area (Å²) in [5, 5.41) is 12.4. The van der Waals surface area contributed by atoms with Crippen LogP contribution in [0, 0.1) is 0 Å². The molecule has 0 amide bonds. The van der Waals surface area contributed by atoms with Gasteiger partial charge in [0, 0.05) is 12.6 Å². The summed E-state index contributed by atoms with van der Waals surface area (Å²) in [6, 6.07) is 4.17. The lowest BCUT2D eigenvalue weighted by Crippen LogP contribution is -2.35. The first-order chi connectivity index (χ1) is 12.4. The molecule has 0 heterocycles. The zero-order valence-electron chi connectivity index (χ0n) is 15.5. The van der Waals surface area contributed by atoms with Crippen molar-refractivity contribution in [3.05, 3.63) is 23.8 Å². The largest absolute Gasteiger partial charge is 0.478 e. The zero-order valence-corrected chi connectivity index (χ0v) is 16.3. The molecule has 1 aliphatic carbocycles. The van der Waals surface area contributed by atoms with Gasteiger partial charge in [-0.15, -0.1) is 0 Å². The molecule has 0 aromatic heterocycles. The fourth-order valence-corrected chi connectivity index (χ4v) is 4.82. The average Bonchev–Trinajstić information content (AvgIpc) is 2.86. The SMILES string of the molecule is CCCCCNc1ccc(C(=O)O)cc1S(=O)(=O)NC1CCCCCC1. The van der Waals surface area contributed by atoms with E-state index in [4.69, 9.17) is 0 Å². The summed E-state index contributed by atoms with van der Waals surface area (Å²) < 4.78 is 28.7. The minimum absolute atomic E-state index is 0.0228. The van der Waals surface area contributed by atoms with Crippen LogP contribution >= 0.6 is 0 Å². The number of carbonyl (C=O) groups is 1. The third-order valence-corrected chi connectivity index (χ3v) is 6.35. The molecule has 1 aromatic rings. The molecule has 0 atom stereocenters. The quantitative estimate of drug-likeness (QED) is 0.443. The molecule has 1 fully saturated rings. The summed E-state index contributed by atoms with van der Waals surface area (Å²) in [6.07, 6.45) is 9.04. The van der Waals surface area contributed by atoms with Crippen molar-refractivity contribution in [3.63, 3.8) is 0 Å². The minimum Gasteiger partial charge on any atom is -0.478 e. The lowest BCUT2D eigenvalue weighted by molar-refractivity contribution is 0.0696. The second-order valence-electron chi connectivity index (χ2n) is 6.96. The predicted octanol–water partition coefficient (Wildman–Crippen LogP) is 3.99. The van der Waals surface area contributed by atoms with Crippen LogP contribution in [0.3, 0.4) is 0 Å². The lowest BCUT2D eigenvalue weighted by atomic mass is 10.1. The van der Waals surface area contributed by atoms with E-state index in [-0.39, 0.29) is 16.5 Å². The highest BCUT2D eigenvalue weighted by atomic mass is 32.2. The van der Waals surface area contributed by atoms with E-state index < -0.39 is 16.0 Å². The summed E-state index contributed by atoms with van der Waals surface area (Å²) in [5.41, 5.74) is 0.442. The molecule has 0 spiro atoms. The molecule has 1 saturated carbocycles. The third kappa shape index (κ3) is 5.99. The predicted molar refractivity (Wildman–Crippen MR) is 103 cm³/mol. The Hall–Kier alpha value is -1.60. The normalized spacial score (nSPS) is 16.2. The number of hydrogen-bond acceptors (Lipinski definition) is 4. The van der Waals surface area contributed by atoms with E-state index in [2.05, 4.69) is 17.0 Å². The Bertz CT molecular complexity index is 695. The number of sulfonamides is 1. The molecular formula is C19H30N2O4S. The molecule has 0 saturated heterocycles. The molecule has 1 aromatic carbocycles. The highest BCUT2D eigenvalue weighted by Crippen LogP contribution is 2.25. The molecule has 6 nitrogen and oxygen atoms in total. The number of unbranched alkanes of at least 4 members (excludes halogenated alkanes) is 2. The van der Waals surface area contributed by atoms with Gasteiger partial charge in [0.15, 0.2) is 0 Å². The van der Waals surface area contributed by atoms with Crippen molar-refractivity contribution in [1.29, 1.82) is 0 Å². The van der Waals surface area contributed by atoms with Gasteiger partial charge in [-0.3, -0.25) is 0 Å². The van der Waals surface area contributed by atoms with E-state index in [0.717, 1.165) is 57.8 Å². The molecule has 0 radical (unpaired) electrons. The standard InChI is InChI=1S/C19H30N2O4S/c1-2-3-8-13-20-17-12-11-15(19(22)23)14-18(17)26(24,25)21-16-9-6-4-5-7-10-16/h11-12,14,16,20-21H,2-10,13H2,1H3,(H,22,23). The Kier molecular flexibility index (Phi) is 7.90. The molecule has 0 aliphatic heterocycles. The van der Waals surface area contributed by atoms with Crippen molar-refractivity contribution in [2.45, 2.75) is 75.6 Å². The van der Waals surface area contributed by atoms with E-state index in [1.165, 1.54) is 12.1 Å². The van der Waals surface area contributed by atoms with Crippen LogP contribution in [0.4, 0.5) is 5.69 Å². The maximum absolute atomic E-state index is 13.0. The van der Waals surface area contributed by atoms with Gasteiger partial charge in [-0.25, -0.2) is 17.9 Å². The van der Waals surface area contributed by atoms with Crippen molar-refractivity contribution in [2.75, 3.05) is 11.9 Å². The minimum atomic E-state index is -3.78. The van der Waals surface area contributed by atoms with E-state index in [1.54, 1.807) is 6.07 Å². The summed E-state index contributed by atoms with van der Waals surface area (Å²) in [4.78, 5) is 11.3. The highest BCUT2D eigenvalue weighted by Gasteiger charge is 2.25. The first-order valence-electron chi connectivity index (χ1n) is 9.57. The number of carboxylic acids is 1. The summed E-state index contributed by atoms with van der Waals surface area (Å²) in [7, 11) is -3.78. The van der Waals surface area contributed by atoms with Crippen molar-refractivity contribution in [2.24, 2.45) is 0 Å². The van der Waals surface area contributed by atoms with Crippen LogP contribution in [-0.4, -0.2) is 32.1 Å². The van der Waals surface area contributed by atoms with Gasteiger partial charge in [0.05, 0.1) is 11.3 Å². The molecule has 26 heavy (non-hydrogen) atoms. The molecule has 0 bridgehead atoms. The molecule has 7 heteroatoms. The van der Waals surface area contributed by atoms with Crippen LogP contribution in [0.1, 0.15) is 75.1 Å². The maximum Gasteiger partial charge on any atom is 0.335 e. The number of nitrogens with one attached hydrogen (secondary N) is 2. The number of carboxylic acid groups (broad SMARTS) is 1. The van der Waals surface area contributed by atoms with E-state index in [0.29, 0.717) is 12.2 Å². The monoisotopic (exact) mass is 382 g/mol. The van der Waals surface area contributed by atoms with Crippen LogP contribution in [0.5, 0.6) is 0 Å². The van der Waals surface area contributed by atoms with Gasteiger partial charge in [0.25, 0.3) is 0 Å². The molecule has 0 unspecified atom stereocenters. The van der Waals surface area contributed by atoms with Gasteiger partial charge in [-0.05, 0) is 37.5 Å². The average molecular weight is 383 g/mol. The molecule has 2 rings (SSSR count). The lowest BCUT2D eigenvalue weighted by Gasteiger charge is -2.19. The topological polar surface area (TPSA) is 95.5 Å². The second-order valence-corrected chi connectivity index (χ2v) is 8.64. The van der Waals surface area contributed by atoms with Crippen LogP contribution in [0.2, 0.25) is 0 Å². The Morgan fingerprint density at radius 1 is 1.15 bits per heavy atom. The Morgan fingerprint density at radius 2 is 1.85 bits per heavy atom. The van der Waals surface area contributed by atoms with Crippen LogP contribution in [0.15, 0.2) is 23.1 Å². The molecule has 3 N–H and O–H groups in total. The first kappa shape index (κ1) is 20.7. The first-order valence-corrected chi connectivity index (χ1v) is 11.1. The van der Waals surface area contributed by atoms with Gasteiger partial charge in [-0.1, -0.05) is 45.4 Å². The fraction of sp³-hybridized carbons (Fsp3) is 0.632. The highest BCUT2D eigenvalue weighted by molar-refractivity contribution is 7.89. The van der Waals surface area contributed by atoms with Gasteiger partial charge < -0.3 is 10.4 Å². The van der Waals surface area contributed by atoms with Crippen molar-refractivity contribution >= 4 is 21.7 Å². The van der Waals surface area contributed by atoms with Gasteiger partial charge in [-0.2, -0.15) is 0 Å². The van der Waals surface area contributed by atoms with E-state index in [1.807, 2.05) is 0 Å². The van der Waals surface area contributed by atoms with Crippen molar-refractivity contribution in [1.82, 2.24) is 4.72 Å². The van der Waals surface area contributed by atoms with Crippen molar-refractivity contribution < 1.29 is 18.3 Å². The number of benzene rings is 1. The number of aromatic carboxylic acids is 1. The maximum atomic E-state index is 13.0. The Morgan fingerprint density at radius 3 is 2.46 bits per heavy atom.